The van der Waals surface area contributed by atoms with Gasteiger partial charge in [0.1, 0.15) is 6.61 Å². The SMILES string of the molecule is CCON=C1CCC2(CC1)CC2. The van der Waals surface area contributed by atoms with Gasteiger partial charge in [-0.1, -0.05) is 5.16 Å². The monoisotopic (exact) mass is 167 g/mol. The van der Waals surface area contributed by atoms with Gasteiger partial charge in [-0.05, 0) is 50.9 Å². The Morgan fingerprint density at radius 1 is 1.25 bits per heavy atom. The van der Waals surface area contributed by atoms with Gasteiger partial charge in [0.2, 0.25) is 0 Å². The van der Waals surface area contributed by atoms with Crippen molar-refractivity contribution >= 4 is 5.71 Å². The second kappa shape index (κ2) is 3.08. The topological polar surface area (TPSA) is 21.6 Å². The van der Waals surface area contributed by atoms with Crippen LogP contribution >= 0.6 is 0 Å². The van der Waals surface area contributed by atoms with Crippen molar-refractivity contribution in [3.05, 3.63) is 0 Å². The van der Waals surface area contributed by atoms with Gasteiger partial charge >= 0.3 is 0 Å². The molecule has 2 saturated carbocycles. The van der Waals surface area contributed by atoms with E-state index in [0.717, 1.165) is 5.41 Å². The third-order valence-corrected chi connectivity index (χ3v) is 3.17. The van der Waals surface area contributed by atoms with Gasteiger partial charge in [0.25, 0.3) is 0 Å². The largest absolute Gasteiger partial charge is 0.396 e. The molecule has 0 heterocycles. The molecule has 12 heavy (non-hydrogen) atoms. The molecule has 2 nitrogen and oxygen atoms in total. The molecule has 68 valence electrons. The number of nitrogens with zero attached hydrogens (tertiary/aromatic N) is 1. The van der Waals surface area contributed by atoms with E-state index in [0.29, 0.717) is 6.61 Å². The Balaban J connectivity index is 1.81. The summed E-state index contributed by atoms with van der Waals surface area (Å²) < 4.78 is 0. The predicted molar refractivity (Wildman–Crippen MR) is 49.2 cm³/mol. The highest BCUT2D eigenvalue weighted by atomic mass is 16.6. The lowest BCUT2D eigenvalue weighted by atomic mass is 9.85. The van der Waals surface area contributed by atoms with E-state index in [9.17, 15) is 0 Å². The Hall–Kier alpha value is -0.530. The molecule has 2 heteroatoms. The van der Waals surface area contributed by atoms with Crippen LogP contribution in [0.1, 0.15) is 45.4 Å². The molecule has 0 N–H and O–H groups in total. The van der Waals surface area contributed by atoms with Crippen LogP contribution in [0.25, 0.3) is 0 Å². The summed E-state index contributed by atoms with van der Waals surface area (Å²) in [4.78, 5) is 5.05. The number of rotatable bonds is 2. The second-order valence-corrected chi connectivity index (χ2v) is 4.08. The average molecular weight is 167 g/mol. The van der Waals surface area contributed by atoms with Gasteiger partial charge in [-0.2, -0.15) is 0 Å². The summed E-state index contributed by atoms with van der Waals surface area (Å²) in [5, 5.41) is 4.11. The van der Waals surface area contributed by atoms with E-state index in [1.165, 1.54) is 44.2 Å². The van der Waals surface area contributed by atoms with E-state index < -0.39 is 0 Å². The van der Waals surface area contributed by atoms with E-state index >= 15 is 0 Å². The third-order valence-electron chi connectivity index (χ3n) is 3.17. The molecule has 2 aliphatic rings. The van der Waals surface area contributed by atoms with Crippen LogP contribution in [0, 0.1) is 5.41 Å². The van der Waals surface area contributed by atoms with Crippen LogP contribution in [0.15, 0.2) is 5.16 Å². The highest BCUT2D eigenvalue weighted by molar-refractivity contribution is 5.84. The van der Waals surface area contributed by atoms with Gasteiger partial charge in [-0.25, -0.2) is 0 Å². The number of hydrogen-bond acceptors (Lipinski definition) is 2. The van der Waals surface area contributed by atoms with Crippen molar-refractivity contribution < 1.29 is 4.84 Å². The predicted octanol–water partition coefficient (Wildman–Crippen LogP) is 2.73. The fourth-order valence-electron chi connectivity index (χ4n) is 1.99. The molecule has 0 aromatic carbocycles. The Bertz CT molecular complexity index is 182. The molecule has 2 rings (SSSR count). The molecule has 0 amide bonds. The molecule has 0 saturated heterocycles. The molecule has 0 aliphatic heterocycles. The first-order valence-electron chi connectivity index (χ1n) is 5.02. The van der Waals surface area contributed by atoms with Crippen molar-refractivity contribution in [2.75, 3.05) is 6.61 Å². The minimum Gasteiger partial charge on any atom is -0.396 e. The fraction of sp³-hybridized carbons (Fsp3) is 0.900. The van der Waals surface area contributed by atoms with Gasteiger partial charge in [0.05, 0.1) is 5.71 Å². The molecule has 0 aromatic heterocycles. The summed E-state index contributed by atoms with van der Waals surface area (Å²) in [6.07, 6.45) is 8.02. The third kappa shape index (κ3) is 1.62. The summed E-state index contributed by atoms with van der Waals surface area (Å²) in [7, 11) is 0. The highest BCUT2D eigenvalue weighted by Gasteiger charge is 2.43. The van der Waals surface area contributed by atoms with Crippen LogP contribution in [0.2, 0.25) is 0 Å². The van der Waals surface area contributed by atoms with E-state index in [1.807, 2.05) is 6.92 Å². The molecular weight excluding hydrogens is 150 g/mol. The van der Waals surface area contributed by atoms with Crippen molar-refractivity contribution in [3.63, 3.8) is 0 Å². The van der Waals surface area contributed by atoms with Gasteiger partial charge in [0.15, 0.2) is 0 Å². The van der Waals surface area contributed by atoms with E-state index in [4.69, 9.17) is 4.84 Å². The maximum absolute atomic E-state index is 5.05. The lowest BCUT2D eigenvalue weighted by Crippen LogP contribution is -2.15. The molecule has 0 aromatic rings. The lowest BCUT2D eigenvalue weighted by molar-refractivity contribution is 0.156. The summed E-state index contributed by atoms with van der Waals surface area (Å²) >= 11 is 0. The minimum atomic E-state index is 0.703. The normalized spacial score (nSPS) is 25.6. The van der Waals surface area contributed by atoms with Gasteiger partial charge in [-0.3, -0.25) is 0 Å². The molecule has 1 spiro atoms. The quantitative estimate of drug-likeness (QED) is 0.579. The van der Waals surface area contributed by atoms with E-state index in [1.54, 1.807) is 0 Å². The Kier molecular flexibility index (Phi) is 2.07. The van der Waals surface area contributed by atoms with Crippen molar-refractivity contribution in [3.8, 4) is 0 Å². The summed E-state index contributed by atoms with van der Waals surface area (Å²) in [6.45, 7) is 2.68. The zero-order valence-corrected chi connectivity index (χ0v) is 7.81. The van der Waals surface area contributed by atoms with Gasteiger partial charge < -0.3 is 4.84 Å². The maximum Gasteiger partial charge on any atom is 0.114 e. The first kappa shape index (κ1) is 8.09. The standard InChI is InChI=1S/C10H17NO/c1-2-12-11-9-3-5-10(6-4-9)7-8-10/h2-8H2,1H3. The van der Waals surface area contributed by atoms with Crippen LogP contribution in [0.4, 0.5) is 0 Å². The van der Waals surface area contributed by atoms with Crippen LogP contribution in [-0.2, 0) is 4.84 Å². The van der Waals surface area contributed by atoms with Crippen LogP contribution in [0.3, 0.4) is 0 Å². The summed E-state index contributed by atoms with van der Waals surface area (Å²) in [5.41, 5.74) is 2.06. The Morgan fingerprint density at radius 2 is 1.92 bits per heavy atom. The molecule has 0 atom stereocenters. The van der Waals surface area contributed by atoms with Crippen LogP contribution < -0.4 is 0 Å². The van der Waals surface area contributed by atoms with Crippen molar-refractivity contribution in [1.29, 1.82) is 0 Å². The zero-order valence-electron chi connectivity index (χ0n) is 7.81. The fourth-order valence-corrected chi connectivity index (χ4v) is 1.99. The molecule has 2 fully saturated rings. The lowest BCUT2D eigenvalue weighted by Gasteiger charge is -2.21. The first-order valence-corrected chi connectivity index (χ1v) is 5.02. The molecule has 2 aliphatic carbocycles. The van der Waals surface area contributed by atoms with Crippen LogP contribution in [-0.4, -0.2) is 12.3 Å². The zero-order chi connectivity index (χ0) is 8.44. The molecule has 0 unspecified atom stereocenters. The van der Waals surface area contributed by atoms with Crippen molar-refractivity contribution in [2.45, 2.75) is 45.4 Å². The van der Waals surface area contributed by atoms with Crippen molar-refractivity contribution in [2.24, 2.45) is 10.6 Å². The van der Waals surface area contributed by atoms with Crippen molar-refractivity contribution in [1.82, 2.24) is 0 Å². The Labute approximate surface area is 74.0 Å². The molecule has 0 radical (unpaired) electrons. The molecule has 0 bridgehead atoms. The van der Waals surface area contributed by atoms with Gasteiger partial charge in [-0.15, -0.1) is 0 Å². The smallest absolute Gasteiger partial charge is 0.114 e. The average Bonchev–Trinajstić information content (AvgIpc) is 2.85. The van der Waals surface area contributed by atoms with Gasteiger partial charge in [0, 0.05) is 0 Å². The number of hydrogen-bond donors (Lipinski definition) is 0. The maximum atomic E-state index is 5.05. The Morgan fingerprint density at radius 3 is 2.42 bits per heavy atom. The van der Waals surface area contributed by atoms with E-state index in [-0.39, 0.29) is 0 Å². The number of oxime groups is 1. The van der Waals surface area contributed by atoms with E-state index in [2.05, 4.69) is 5.16 Å². The highest BCUT2D eigenvalue weighted by Crippen LogP contribution is 2.55. The summed E-state index contributed by atoms with van der Waals surface area (Å²) in [6, 6.07) is 0. The second-order valence-electron chi connectivity index (χ2n) is 4.08. The minimum absolute atomic E-state index is 0.703. The van der Waals surface area contributed by atoms with Crippen LogP contribution in [0.5, 0.6) is 0 Å². The molecular formula is C10H17NO. The first-order chi connectivity index (χ1) is 5.85. The summed E-state index contributed by atoms with van der Waals surface area (Å²) in [5.74, 6) is 0.